The molecule has 0 radical (unpaired) electrons. The molecule has 1 aliphatic heterocycles. The van der Waals surface area contributed by atoms with Crippen LogP contribution < -0.4 is 10.1 Å². The Kier molecular flexibility index (Phi) is 3.60. The summed E-state index contributed by atoms with van der Waals surface area (Å²) in [6.45, 7) is 1.86. The van der Waals surface area contributed by atoms with Crippen LogP contribution in [0.2, 0.25) is 0 Å². The Morgan fingerprint density at radius 1 is 1.24 bits per heavy atom. The number of aryl methyl sites for hydroxylation is 2. The fourth-order valence-corrected chi connectivity index (χ4v) is 2.46. The first kappa shape index (κ1) is 13.6. The van der Waals surface area contributed by atoms with Crippen molar-refractivity contribution in [2.45, 2.75) is 25.9 Å². The maximum Gasteiger partial charge on any atom is 0.265 e. The average molecular weight is 285 g/mol. The zero-order valence-corrected chi connectivity index (χ0v) is 11.7. The lowest BCUT2D eigenvalue weighted by molar-refractivity contribution is -0.122. The lowest BCUT2D eigenvalue weighted by Gasteiger charge is -2.16. The van der Waals surface area contributed by atoms with E-state index in [0.29, 0.717) is 12.8 Å². The number of hydrogen-bond acceptors (Lipinski definition) is 2. The molecule has 1 aliphatic rings. The minimum absolute atomic E-state index is 0.126. The summed E-state index contributed by atoms with van der Waals surface area (Å²) >= 11 is 0. The normalized spacial score (nSPS) is 17.6. The minimum atomic E-state index is -0.686. The summed E-state index contributed by atoms with van der Waals surface area (Å²) in [6, 6.07) is 12.3. The minimum Gasteiger partial charge on any atom is -0.477 e. The van der Waals surface area contributed by atoms with Gasteiger partial charge in [-0.15, -0.1) is 0 Å². The molecule has 1 unspecified atom stereocenters. The molecule has 1 amide bonds. The van der Waals surface area contributed by atoms with Crippen molar-refractivity contribution in [3.8, 4) is 5.75 Å². The Balaban J connectivity index is 1.81. The van der Waals surface area contributed by atoms with Crippen LogP contribution in [0, 0.1) is 12.7 Å². The van der Waals surface area contributed by atoms with Gasteiger partial charge in [0.25, 0.3) is 5.91 Å². The molecule has 0 aromatic heterocycles. The Labute approximate surface area is 122 Å². The highest BCUT2D eigenvalue weighted by atomic mass is 19.1. The zero-order chi connectivity index (χ0) is 14.8. The van der Waals surface area contributed by atoms with Crippen molar-refractivity contribution >= 4 is 11.6 Å². The van der Waals surface area contributed by atoms with Gasteiger partial charge in [-0.1, -0.05) is 24.3 Å². The molecule has 108 valence electrons. The summed E-state index contributed by atoms with van der Waals surface area (Å²) < 4.78 is 19.4. The summed E-state index contributed by atoms with van der Waals surface area (Å²) in [5.74, 6) is -0.558. The summed E-state index contributed by atoms with van der Waals surface area (Å²) in [7, 11) is 0. The predicted octanol–water partition coefficient (Wildman–Crippen LogP) is 3.47. The molecule has 2 aromatic rings. The van der Waals surface area contributed by atoms with Crippen molar-refractivity contribution in [3.63, 3.8) is 0 Å². The van der Waals surface area contributed by atoms with Gasteiger partial charge in [0.05, 0.1) is 0 Å². The molecule has 0 saturated carbocycles. The predicted molar refractivity (Wildman–Crippen MR) is 78.9 cm³/mol. The first-order valence-corrected chi connectivity index (χ1v) is 6.95. The molecule has 0 spiro atoms. The molecule has 4 heteroatoms. The van der Waals surface area contributed by atoms with Crippen LogP contribution in [0.1, 0.15) is 17.5 Å². The number of nitrogens with one attached hydrogen (secondary N) is 1. The molecule has 21 heavy (non-hydrogen) atoms. The van der Waals surface area contributed by atoms with Gasteiger partial charge in [0.15, 0.2) is 17.7 Å². The smallest absolute Gasteiger partial charge is 0.265 e. The number of carbonyl (C=O) groups is 1. The third-order valence-electron chi connectivity index (χ3n) is 3.60. The highest BCUT2D eigenvalue weighted by Crippen LogP contribution is 2.25. The van der Waals surface area contributed by atoms with Gasteiger partial charge < -0.3 is 10.1 Å². The molecule has 3 rings (SSSR count). The van der Waals surface area contributed by atoms with E-state index < -0.39 is 11.9 Å². The summed E-state index contributed by atoms with van der Waals surface area (Å²) in [5, 5.41) is 2.84. The van der Waals surface area contributed by atoms with E-state index in [1.165, 1.54) is 6.07 Å². The molecule has 2 aromatic carbocycles. The Morgan fingerprint density at radius 3 is 2.90 bits per heavy atom. The first-order chi connectivity index (χ1) is 10.1. The highest BCUT2D eigenvalue weighted by Gasteiger charge is 2.25. The Hall–Kier alpha value is -2.36. The number of anilines is 1. The van der Waals surface area contributed by atoms with Crippen molar-refractivity contribution in [2.24, 2.45) is 0 Å². The van der Waals surface area contributed by atoms with Crippen LogP contribution >= 0.6 is 0 Å². The quantitative estimate of drug-likeness (QED) is 0.917. The number of rotatable bonds is 2. The molecule has 0 saturated heterocycles. The Morgan fingerprint density at radius 2 is 2.05 bits per heavy atom. The molecule has 0 bridgehead atoms. The number of para-hydroxylation sites is 1. The van der Waals surface area contributed by atoms with Crippen molar-refractivity contribution in [3.05, 3.63) is 59.4 Å². The van der Waals surface area contributed by atoms with Crippen molar-refractivity contribution < 1.29 is 13.9 Å². The van der Waals surface area contributed by atoms with Crippen molar-refractivity contribution in [1.29, 1.82) is 0 Å². The monoisotopic (exact) mass is 285 g/mol. The van der Waals surface area contributed by atoms with Crippen LogP contribution in [0.4, 0.5) is 10.1 Å². The lowest BCUT2D eigenvalue weighted by Crippen LogP contribution is -2.32. The third kappa shape index (κ3) is 2.89. The number of amides is 1. The number of fused-ring (bicyclic) bond motifs is 1. The van der Waals surface area contributed by atoms with Crippen molar-refractivity contribution in [1.82, 2.24) is 0 Å². The average Bonchev–Trinajstić information content (AvgIpc) is 2.62. The Bertz CT molecular complexity index is 684. The molecule has 1 heterocycles. The van der Waals surface area contributed by atoms with Crippen LogP contribution in [-0.4, -0.2) is 12.0 Å². The van der Waals surface area contributed by atoms with E-state index in [-0.39, 0.29) is 11.7 Å². The van der Waals surface area contributed by atoms with Gasteiger partial charge in [0, 0.05) is 5.69 Å². The summed E-state index contributed by atoms with van der Waals surface area (Å²) in [4.78, 5) is 12.2. The highest BCUT2D eigenvalue weighted by molar-refractivity contribution is 5.95. The van der Waals surface area contributed by atoms with Crippen LogP contribution in [0.25, 0.3) is 0 Å². The first-order valence-electron chi connectivity index (χ1n) is 6.95. The van der Waals surface area contributed by atoms with E-state index in [1.807, 2.05) is 31.2 Å². The van der Waals surface area contributed by atoms with Crippen LogP contribution in [0.5, 0.6) is 5.75 Å². The van der Waals surface area contributed by atoms with Crippen LogP contribution in [-0.2, 0) is 11.2 Å². The maximum absolute atomic E-state index is 13.8. The van der Waals surface area contributed by atoms with Gasteiger partial charge in [-0.25, -0.2) is 4.39 Å². The fraction of sp³-hybridized carbons (Fsp3) is 0.235. The number of benzene rings is 2. The second-order valence-corrected chi connectivity index (χ2v) is 5.23. The zero-order valence-electron chi connectivity index (χ0n) is 11.7. The van der Waals surface area contributed by atoms with Gasteiger partial charge in [-0.05, 0) is 49.1 Å². The summed E-state index contributed by atoms with van der Waals surface area (Å²) in [5.41, 5.74) is 2.77. The van der Waals surface area contributed by atoms with Crippen LogP contribution in [0.15, 0.2) is 42.5 Å². The van der Waals surface area contributed by atoms with Gasteiger partial charge in [-0.3, -0.25) is 4.79 Å². The molecule has 1 atom stereocenters. The molecule has 3 nitrogen and oxygen atoms in total. The number of ether oxygens (including phenoxy) is 1. The van der Waals surface area contributed by atoms with Gasteiger partial charge in [-0.2, -0.15) is 0 Å². The van der Waals surface area contributed by atoms with Crippen LogP contribution in [0.3, 0.4) is 0 Å². The standard InChI is InChI=1S/C17H16FNO2/c1-11-6-8-13(18)16(10-11)21-15-9-7-12-4-2-3-5-14(12)19-17(15)20/h2-6,8,10,15H,7,9H2,1H3,(H,19,20). The topological polar surface area (TPSA) is 38.3 Å². The maximum atomic E-state index is 13.8. The molecular formula is C17H16FNO2. The second kappa shape index (κ2) is 5.56. The SMILES string of the molecule is Cc1ccc(F)c(OC2CCc3ccccc3NC2=O)c1. The molecule has 0 fully saturated rings. The third-order valence-corrected chi connectivity index (χ3v) is 3.60. The number of hydrogen-bond donors (Lipinski definition) is 1. The lowest BCUT2D eigenvalue weighted by atomic mass is 10.1. The van der Waals surface area contributed by atoms with E-state index in [2.05, 4.69) is 5.32 Å². The van der Waals surface area contributed by atoms with Crippen molar-refractivity contribution in [2.75, 3.05) is 5.32 Å². The van der Waals surface area contributed by atoms with E-state index in [9.17, 15) is 9.18 Å². The molecule has 0 aliphatic carbocycles. The van der Waals surface area contributed by atoms with Gasteiger partial charge >= 0.3 is 0 Å². The number of carbonyl (C=O) groups excluding carboxylic acids is 1. The van der Waals surface area contributed by atoms with Gasteiger partial charge in [0.2, 0.25) is 0 Å². The van der Waals surface area contributed by atoms with E-state index in [1.54, 1.807) is 12.1 Å². The van der Waals surface area contributed by atoms with Gasteiger partial charge in [0.1, 0.15) is 0 Å². The summed E-state index contributed by atoms with van der Waals surface area (Å²) in [6.07, 6.45) is 0.553. The van der Waals surface area contributed by atoms with E-state index in [0.717, 1.165) is 16.8 Å². The fourth-order valence-electron chi connectivity index (χ4n) is 2.46. The van der Waals surface area contributed by atoms with E-state index in [4.69, 9.17) is 4.74 Å². The second-order valence-electron chi connectivity index (χ2n) is 5.23. The number of halogens is 1. The molecular weight excluding hydrogens is 269 g/mol. The van der Waals surface area contributed by atoms with E-state index >= 15 is 0 Å². The molecule has 1 N–H and O–H groups in total. The largest absolute Gasteiger partial charge is 0.477 e.